The van der Waals surface area contributed by atoms with E-state index in [0.717, 1.165) is 6.26 Å². The molecule has 1 aromatic carbocycles. The number of rotatable bonds is 3. The Morgan fingerprint density at radius 2 is 2.12 bits per heavy atom. The molecule has 16 heavy (non-hydrogen) atoms. The van der Waals surface area contributed by atoms with Gasteiger partial charge in [-0.15, -0.1) is 0 Å². The van der Waals surface area contributed by atoms with E-state index in [2.05, 4.69) is 4.74 Å². The van der Waals surface area contributed by atoms with Gasteiger partial charge in [0.05, 0.1) is 25.5 Å². The van der Waals surface area contributed by atoms with Crippen LogP contribution in [0.15, 0.2) is 24.5 Å². The molecule has 0 atom stereocenters. The van der Waals surface area contributed by atoms with E-state index in [1.54, 1.807) is 0 Å². The molecule has 0 aromatic heterocycles. The van der Waals surface area contributed by atoms with E-state index in [1.807, 2.05) is 0 Å². The Labute approximate surface area is 97.4 Å². The maximum Gasteiger partial charge on any atom is 0.341 e. The molecular formula is C11H10ClFO3. The molecule has 1 aromatic rings. The predicted molar refractivity (Wildman–Crippen MR) is 58.4 cm³/mol. The average Bonchev–Trinajstić information content (AvgIpc) is 2.26. The van der Waals surface area contributed by atoms with Gasteiger partial charge in [-0.05, 0) is 12.1 Å². The van der Waals surface area contributed by atoms with Gasteiger partial charge >= 0.3 is 5.97 Å². The van der Waals surface area contributed by atoms with Gasteiger partial charge in [0.15, 0.2) is 0 Å². The summed E-state index contributed by atoms with van der Waals surface area (Å²) < 4.78 is 22.8. The van der Waals surface area contributed by atoms with Crippen molar-refractivity contribution in [2.24, 2.45) is 0 Å². The van der Waals surface area contributed by atoms with Crippen molar-refractivity contribution in [2.45, 2.75) is 0 Å². The summed E-state index contributed by atoms with van der Waals surface area (Å²) in [5.41, 5.74) is -0.0917. The molecule has 0 saturated heterocycles. The molecule has 0 fully saturated rings. The van der Waals surface area contributed by atoms with Crippen LogP contribution in [0.2, 0.25) is 5.02 Å². The number of carbonyl (C=O) groups is 1. The van der Waals surface area contributed by atoms with Crippen LogP contribution >= 0.6 is 11.6 Å². The number of halogens is 2. The van der Waals surface area contributed by atoms with Crippen molar-refractivity contribution in [1.82, 2.24) is 0 Å². The van der Waals surface area contributed by atoms with Crippen LogP contribution in [-0.2, 0) is 14.3 Å². The van der Waals surface area contributed by atoms with Gasteiger partial charge in [0.2, 0.25) is 0 Å². The van der Waals surface area contributed by atoms with E-state index in [4.69, 9.17) is 16.3 Å². The van der Waals surface area contributed by atoms with Gasteiger partial charge in [0, 0.05) is 5.56 Å². The monoisotopic (exact) mass is 244 g/mol. The van der Waals surface area contributed by atoms with Crippen LogP contribution < -0.4 is 0 Å². The molecule has 0 spiro atoms. The fraction of sp³-hybridized carbons (Fsp3) is 0.182. The fourth-order valence-electron chi connectivity index (χ4n) is 1.19. The zero-order chi connectivity index (χ0) is 12.1. The van der Waals surface area contributed by atoms with Crippen LogP contribution in [0.5, 0.6) is 0 Å². The van der Waals surface area contributed by atoms with E-state index >= 15 is 0 Å². The second-order valence-electron chi connectivity index (χ2n) is 2.86. The smallest absolute Gasteiger partial charge is 0.341 e. The summed E-state index contributed by atoms with van der Waals surface area (Å²) in [6.45, 7) is 0. The van der Waals surface area contributed by atoms with Gasteiger partial charge in [-0.1, -0.05) is 17.7 Å². The van der Waals surface area contributed by atoms with E-state index in [1.165, 1.54) is 32.4 Å². The Hall–Kier alpha value is -1.55. The molecule has 3 nitrogen and oxygen atoms in total. The Bertz CT molecular complexity index is 409. The lowest BCUT2D eigenvalue weighted by Gasteiger charge is -2.08. The molecule has 0 amide bonds. The molecule has 0 aliphatic carbocycles. The second kappa shape index (κ2) is 5.51. The second-order valence-corrected chi connectivity index (χ2v) is 3.26. The van der Waals surface area contributed by atoms with Crippen LogP contribution in [0, 0.1) is 5.82 Å². The van der Waals surface area contributed by atoms with Gasteiger partial charge in [0.25, 0.3) is 0 Å². The Kier molecular flexibility index (Phi) is 4.31. The van der Waals surface area contributed by atoms with Crippen molar-refractivity contribution in [3.63, 3.8) is 0 Å². The molecule has 0 heterocycles. The summed E-state index contributed by atoms with van der Waals surface area (Å²) in [5.74, 6) is -1.32. The number of esters is 1. The van der Waals surface area contributed by atoms with Crippen molar-refractivity contribution < 1.29 is 18.7 Å². The molecule has 1 rings (SSSR count). The molecule has 0 saturated carbocycles. The lowest BCUT2D eigenvalue weighted by Crippen LogP contribution is -2.06. The van der Waals surface area contributed by atoms with Crippen LogP contribution in [0.3, 0.4) is 0 Å². The number of methoxy groups -OCH3 is 2. The van der Waals surface area contributed by atoms with Gasteiger partial charge in [-0.2, -0.15) is 0 Å². The zero-order valence-electron chi connectivity index (χ0n) is 8.79. The lowest BCUT2D eigenvalue weighted by molar-refractivity contribution is -0.133. The summed E-state index contributed by atoms with van der Waals surface area (Å²) in [4.78, 5) is 11.4. The van der Waals surface area contributed by atoms with Gasteiger partial charge in [-0.25, -0.2) is 9.18 Å². The maximum absolute atomic E-state index is 13.5. The van der Waals surface area contributed by atoms with E-state index < -0.39 is 11.8 Å². The minimum atomic E-state index is -0.714. The highest BCUT2D eigenvalue weighted by molar-refractivity contribution is 6.34. The summed E-state index contributed by atoms with van der Waals surface area (Å²) in [6, 6.07) is 4.13. The number of benzene rings is 1. The average molecular weight is 245 g/mol. The van der Waals surface area contributed by atoms with Gasteiger partial charge in [-0.3, -0.25) is 0 Å². The SMILES string of the molecule is CO/C=C(/C(=O)OC)c1c(F)cccc1Cl. The summed E-state index contributed by atoms with van der Waals surface area (Å²) >= 11 is 5.82. The Balaban J connectivity index is 3.32. The van der Waals surface area contributed by atoms with Crippen LogP contribution in [-0.4, -0.2) is 20.2 Å². The normalized spacial score (nSPS) is 11.1. The minimum Gasteiger partial charge on any atom is -0.503 e. The predicted octanol–water partition coefficient (Wildman–Crippen LogP) is 2.64. The number of hydrogen-bond acceptors (Lipinski definition) is 3. The topological polar surface area (TPSA) is 35.5 Å². The van der Waals surface area contributed by atoms with Crippen molar-refractivity contribution in [3.8, 4) is 0 Å². The number of carbonyl (C=O) groups excluding carboxylic acids is 1. The third-order valence-electron chi connectivity index (χ3n) is 1.87. The quantitative estimate of drug-likeness (QED) is 0.466. The lowest BCUT2D eigenvalue weighted by atomic mass is 10.1. The first-order chi connectivity index (χ1) is 7.61. The van der Waals surface area contributed by atoms with E-state index in [9.17, 15) is 9.18 Å². The highest BCUT2D eigenvalue weighted by atomic mass is 35.5. The first-order valence-corrected chi connectivity index (χ1v) is 4.75. The Morgan fingerprint density at radius 3 is 2.62 bits per heavy atom. The number of ether oxygens (including phenoxy) is 2. The molecular weight excluding hydrogens is 235 g/mol. The molecule has 0 N–H and O–H groups in total. The molecule has 0 aliphatic heterocycles. The molecule has 0 aliphatic rings. The van der Waals surface area contributed by atoms with E-state index in [-0.39, 0.29) is 16.2 Å². The van der Waals surface area contributed by atoms with Gasteiger partial charge in [0.1, 0.15) is 11.4 Å². The highest BCUT2D eigenvalue weighted by Crippen LogP contribution is 2.27. The van der Waals surface area contributed by atoms with Crippen LogP contribution in [0.4, 0.5) is 4.39 Å². The fourth-order valence-corrected chi connectivity index (χ4v) is 1.46. The summed E-state index contributed by atoms with van der Waals surface area (Å²) in [5, 5.41) is 0.119. The summed E-state index contributed by atoms with van der Waals surface area (Å²) in [7, 11) is 2.54. The van der Waals surface area contributed by atoms with Crippen LogP contribution in [0.25, 0.3) is 5.57 Å². The maximum atomic E-state index is 13.5. The minimum absolute atomic E-state index is 0.0298. The van der Waals surface area contributed by atoms with Crippen molar-refractivity contribution in [2.75, 3.05) is 14.2 Å². The first kappa shape index (κ1) is 12.5. The third kappa shape index (κ3) is 2.52. The highest BCUT2D eigenvalue weighted by Gasteiger charge is 2.19. The Morgan fingerprint density at radius 1 is 1.44 bits per heavy atom. The third-order valence-corrected chi connectivity index (χ3v) is 2.19. The standard InChI is InChI=1S/C11H10ClFO3/c1-15-6-7(11(14)16-2)10-8(12)4-3-5-9(10)13/h3-6H,1-2H3/b7-6+. The molecule has 0 bridgehead atoms. The van der Waals surface area contributed by atoms with Crippen LogP contribution in [0.1, 0.15) is 5.56 Å². The van der Waals surface area contributed by atoms with Crippen molar-refractivity contribution in [3.05, 3.63) is 40.9 Å². The van der Waals surface area contributed by atoms with Crippen molar-refractivity contribution >= 4 is 23.1 Å². The largest absolute Gasteiger partial charge is 0.503 e. The summed E-state index contributed by atoms with van der Waals surface area (Å²) in [6.07, 6.45) is 1.09. The molecule has 0 unspecified atom stereocenters. The molecule has 86 valence electrons. The van der Waals surface area contributed by atoms with Crippen molar-refractivity contribution in [1.29, 1.82) is 0 Å². The molecule has 5 heteroatoms. The van der Waals surface area contributed by atoms with E-state index in [0.29, 0.717) is 0 Å². The number of hydrogen-bond donors (Lipinski definition) is 0. The molecule has 0 radical (unpaired) electrons. The van der Waals surface area contributed by atoms with Gasteiger partial charge < -0.3 is 9.47 Å². The first-order valence-electron chi connectivity index (χ1n) is 4.37. The zero-order valence-corrected chi connectivity index (χ0v) is 9.55.